The van der Waals surface area contributed by atoms with Gasteiger partial charge < -0.3 is 14.6 Å². The lowest BCUT2D eigenvalue weighted by molar-refractivity contribution is 0.413. The highest BCUT2D eigenvalue weighted by Gasteiger charge is 2.10. The monoisotopic (exact) mass is 268 g/mol. The average Bonchev–Trinajstić information content (AvgIpc) is 2.75. The SMILES string of the molecule is COc1c(Cl)ncnc1NCCc1nncn1C. The average molecular weight is 269 g/mol. The third-order valence-corrected chi connectivity index (χ3v) is 2.68. The summed E-state index contributed by atoms with van der Waals surface area (Å²) in [6, 6.07) is 0. The number of aryl methyl sites for hydroxylation is 1. The molecule has 0 aliphatic carbocycles. The van der Waals surface area contributed by atoms with Crippen LogP contribution >= 0.6 is 11.6 Å². The first-order chi connectivity index (χ1) is 8.72. The predicted octanol–water partition coefficient (Wildman–Crippen LogP) is 0.922. The maximum atomic E-state index is 5.89. The van der Waals surface area contributed by atoms with Crippen LogP contribution in [0.25, 0.3) is 0 Å². The lowest BCUT2D eigenvalue weighted by Crippen LogP contribution is -2.10. The molecule has 2 aromatic heterocycles. The quantitative estimate of drug-likeness (QED) is 0.813. The summed E-state index contributed by atoms with van der Waals surface area (Å²) in [4.78, 5) is 7.92. The molecule has 0 aliphatic rings. The smallest absolute Gasteiger partial charge is 0.198 e. The van der Waals surface area contributed by atoms with Crippen molar-refractivity contribution < 1.29 is 4.74 Å². The van der Waals surface area contributed by atoms with Crippen molar-refractivity contribution >= 4 is 17.4 Å². The Hall–Kier alpha value is -1.89. The first-order valence-electron chi connectivity index (χ1n) is 5.33. The zero-order valence-corrected chi connectivity index (χ0v) is 10.8. The Bertz CT molecular complexity index is 529. The van der Waals surface area contributed by atoms with E-state index >= 15 is 0 Å². The Morgan fingerprint density at radius 2 is 2.28 bits per heavy atom. The molecule has 0 saturated carbocycles. The molecule has 7 nitrogen and oxygen atoms in total. The third kappa shape index (κ3) is 2.67. The number of nitrogens with zero attached hydrogens (tertiary/aromatic N) is 5. The van der Waals surface area contributed by atoms with Crippen LogP contribution in [0.15, 0.2) is 12.7 Å². The maximum Gasteiger partial charge on any atom is 0.198 e. The Kier molecular flexibility index (Phi) is 3.93. The van der Waals surface area contributed by atoms with Gasteiger partial charge in [0.05, 0.1) is 7.11 Å². The molecule has 2 rings (SSSR count). The minimum absolute atomic E-state index is 0.286. The second-order valence-electron chi connectivity index (χ2n) is 3.58. The van der Waals surface area contributed by atoms with Crippen molar-refractivity contribution in [3.8, 4) is 5.75 Å². The fourth-order valence-electron chi connectivity index (χ4n) is 1.49. The van der Waals surface area contributed by atoms with Crippen molar-refractivity contribution in [3.63, 3.8) is 0 Å². The normalized spacial score (nSPS) is 10.4. The molecular formula is C10H13ClN6O. The van der Waals surface area contributed by atoms with Crippen molar-refractivity contribution in [2.45, 2.75) is 6.42 Å². The van der Waals surface area contributed by atoms with Gasteiger partial charge in [0.25, 0.3) is 0 Å². The van der Waals surface area contributed by atoms with Crippen LogP contribution in [-0.4, -0.2) is 38.4 Å². The van der Waals surface area contributed by atoms with E-state index in [1.54, 1.807) is 6.33 Å². The number of rotatable bonds is 5. The lowest BCUT2D eigenvalue weighted by atomic mass is 10.4. The van der Waals surface area contributed by atoms with Crippen molar-refractivity contribution in [2.75, 3.05) is 19.0 Å². The van der Waals surface area contributed by atoms with Crippen LogP contribution in [0, 0.1) is 0 Å². The van der Waals surface area contributed by atoms with Crippen LogP contribution in [0.4, 0.5) is 5.82 Å². The fraction of sp³-hybridized carbons (Fsp3) is 0.400. The van der Waals surface area contributed by atoms with E-state index in [0.29, 0.717) is 18.1 Å². The largest absolute Gasteiger partial charge is 0.490 e. The van der Waals surface area contributed by atoms with Crippen LogP contribution in [-0.2, 0) is 13.5 Å². The summed E-state index contributed by atoms with van der Waals surface area (Å²) in [5.74, 6) is 1.90. The second-order valence-corrected chi connectivity index (χ2v) is 3.94. The highest BCUT2D eigenvalue weighted by Crippen LogP contribution is 2.27. The number of halogens is 1. The number of methoxy groups -OCH3 is 1. The van der Waals surface area contributed by atoms with Gasteiger partial charge in [0, 0.05) is 20.0 Å². The van der Waals surface area contributed by atoms with Gasteiger partial charge in [-0.1, -0.05) is 11.6 Å². The molecule has 2 aromatic rings. The molecular weight excluding hydrogens is 256 g/mol. The summed E-state index contributed by atoms with van der Waals surface area (Å²) in [6.07, 6.45) is 3.77. The molecule has 0 amide bonds. The van der Waals surface area contributed by atoms with Crippen molar-refractivity contribution in [2.24, 2.45) is 7.05 Å². The molecule has 0 atom stereocenters. The van der Waals surface area contributed by atoms with Gasteiger partial charge in [0.1, 0.15) is 18.5 Å². The fourth-order valence-corrected chi connectivity index (χ4v) is 1.70. The van der Waals surface area contributed by atoms with Gasteiger partial charge in [0.2, 0.25) is 0 Å². The molecule has 8 heteroatoms. The Labute approximate surface area is 109 Å². The van der Waals surface area contributed by atoms with Crippen molar-refractivity contribution in [1.29, 1.82) is 0 Å². The maximum absolute atomic E-state index is 5.89. The van der Waals surface area contributed by atoms with E-state index in [1.807, 2.05) is 11.6 Å². The highest BCUT2D eigenvalue weighted by atomic mass is 35.5. The summed E-state index contributed by atoms with van der Waals surface area (Å²) >= 11 is 5.89. The molecule has 0 fully saturated rings. The molecule has 96 valence electrons. The molecule has 0 aliphatic heterocycles. The summed E-state index contributed by atoms with van der Waals surface area (Å²) in [5.41, 5.74) is 0. The molecule has 2 heterocycles. The predicted molar refractivity (Wildman–Crippen MR) is 66.8 cm³/mol. The molecule has 0 radical (unpaired) electrons. The standard InChI is InChI=1S/C10H13ClN6O/c1-17-6-15-16-7(17)3-4-12-10-8(18-2)9(11)13-5-14-10/h5-6H,3-4H2,1-2H3,(H,12,13,14). The molecule has 0 spiro atoms. The Morgan fingerprint density at radius 3 is 2.94 bits per heavy atom. The molecule has 18 heavy (non-hydrogen) atoms. The molecule has 0 bridgehead atoms. The van der Waals surface area contributed by atoms with Gasteiger partial charge in [-0.3, -0.25) is 0 Å². The van der Waals surface area contributed by atoms with E-state index in [4.69, 9.17) is 16.3 Å². The lowest BCUT2D eigenvalue weighted by Gasteiger charge is -2.09. The summed E-state index contributed by atoms with van der Waals surface area (Å²) in [5, 5.41) is 11.2. The van der Waals surface area contributed by atoms with Crippen LogP contribution in [0.3, 0.4) is 0 Å². The second kappa shape index (κ2) is 5.63. The van der Waals surface area contributed by atoms with Crippen LogP contribution in [0.1, 0.15) is 5.82 Å². The number of ether oxygens (including phenoxy) is 1. The molecule has 0 unspecified atom stereocenters. The van der Waals surface area contributed by atoms with E-state index in [-0.39, 0.29) is 5.15 Å². The van der Waals surface area contributed by atoms with Gasteiger partial charge in [-0.2, -0.15) is 0 Å². The summed E-state index contributed by atoms with van der Waals surface area (Å²) in [7, 11) is 3.43. The van der Waals surface area contributed by atoms with Gasteiger partial charge in [-0.05, 0) is 0 Å². The van der Waals surface area contributed by atoms with E-state index in [9.17, 15) is 0 Å². The number of nitrogens with one attached hydrogen (secondary N) is 1. The first-order valence-corrected chi connectivity index (χ1v) is 5.71. The minimum Gasteiger partial charge on any atom is -0.490 e. The molecule has 0 saturated heterocycles. The first kappa shape index (κ1) is 12.6. The van der Waals surface area contributed by atoms with E-state index in [1.165, 1.54) is 13.4 Å². The third-order valence-electron chi connectivity index (χ3n) is 2.41. The van der Waals surface area contributed by atoms with E-state index in [0.717, 1.165) is 12.2 Å². The number of anilines is 1. The zero-order chi connectivity index (χ0) is 13.0. The van der Waals surface area contributed by atoms with Crippen LogP contribution < -0.4 is 10.1 Å². The van der Waals surface area contributed by atoms with Gasteiger partial charge in [-0.15, -0.1) is 10.2 Å². The topological polar surface area (TPSA) is 77.8 Å². The van der Waals surface area contributed by atoms with Gasteiger partial charge in [0.15, 0.2) is 16.7 Å². The summed E-state index contributed by atoms with van der Waals surface area (Å²) < 4.78 is 7.00. The zero-order valence-electron chi connectivity index (χ0n) is 10.1. The van der Waals surface area contributed by atoms with E-state index < -0.39 is 0 Å². The molecule has 0 aromatic carbocycles. The number of hydrogen-bond donors (Lipinski definition) is 1. The van der Waals surface area contributed by atoms with Gasteiger partial charge >= 0.3 is 0 Å². The minimum atomic E-state index is 0.286. The van der Waals surface area contributed by atoms with Crippen molar-refractivity contribution in [3.05, 3.63) is 23.6 Å². The van der Waals surface area contributed by atoms with E-state index in [2.05, 4.69) is 25.5 Å². The van der Waals surface area contributed by atoms with Crippen LogP contribution in [0.5, 0.6) is 5.75 Å². The Balaban J connectivity index is 1.98. The Morgan fingerprint density at radius 1 is 1.44 bits per heavy atom. The molecule has 1 N–H and O–H groups in total. The van der Waals surface area contributed by atoms with Crippen LogP contribution in [0.2, 0.25) is 5.15 Å². The highest BCUT2D eigenvalue weighted by molar-refractivity contribution is 6.31. The van der Waals surface area contributed by atoms with Crippen molar-refractivity contribution in [1.82, 2.24) is 24.7 Å². The number of hydrogen-bond acceptors (Lipinski definition) is 6. The summed E-state index contributed by atoms with van der Waals surface area (Å²) in [6.45, 7) is 0.649. The number of aromatic nitrogens is 5. The van der Waals surface area contributed by atoms with Gasteiger partial charge in [-0.25, -0.2) is 9.97 Å².